The van der Waals surface area contributed by atoms with E-state index >= 15 is 0 Å². The quantitative estimate of drug-likeness (QED) is 0.591. The SMILES string of the molecule is COCCNC(=O)C12CCC(CC1=O)C2(C)C. The van der Waals surface area contributed by atoms with Gasteiger partial charge in [0.15, 0.2) is 0 Å². The third-order valence-electron chi connectivity index (χ3n) is 4.88. The van der Waals surface area contributed by atoms with Gasteiger partial charge in [-0.2, -0.15) is 0 Å². The third kappa shape index (κ3) is 1.53. The molecular weight excluding hydrogens is 218 g/mol. The maximum atomic E-state index is 12.3. The van der Waals surface area contributed by atoms with Crippen molar-refractivity contribution in [3.8, 4) is 0 Å². The van der Waals surface area contributed by atoms with Gasteiger partial charge in [0.05, 0.1) is 6.61 Å². The Balaban J connectivity index is 2.16. The van der Waals surface area contributed by atoms with Crippen LogP contribution in [0.2, 0.25) is 0 Å². The summed E-state index contributed by atoms with van der Waals surface area (Å²) in [6.45, 7) is 5.09. The van der Waals surface area contributed by atoms with Crippen molar-refractivity contribution in [1.82, 2.24) is 5.32 Å². The predicted octanol–water partition coefficient (Wildman–Crippen LogP) is 1.14. The molecule has 0 radical (unpaired) electrons. The van der Waals surface area contributed by atoms with E-state index in [0.29, 0.717) is 31.9 Å². The van der Waals surface area contributed by atoms with Crippen molar-refractivity contribution in [2.75, 3.05) is 20.3 Å². The Bertz CT molecular complexity index is 351. The average molecular weight is 239 g/mol. The van der Waals surface area contributed by atoms with Gasteiger partial charge in [-0.15, -0.1) is 0 Å². The van der Waals surface area contributed by atoms with E-state index in [9.17, 15) is 9.59 Å². The van der Waals surface area contributed by atoms with Gasteiger partial charge < -0.3 is 10.1 Å². The molecule has 0 aromatic rings. The molecule has 17 heavy (non-hydrogen) atoms. The summed E-state index contributed by atoms with van der Waals surface area (Å²) >= 11 is 0. The number of carbonyl (C=O) groups excluding carboxylic acids is 2. The van der Waals surface area contributed by atoms with Crippen molar-refractivity contribution in [1.29, 1.82) is 0 Å². The van der Waals surface area contributed by atoms with E-state index in [1.807, 2.05) is 0 Å². The monoisotopic (exact) mass is 239 g/mol. The van der Waals surface area contributed by atoms with Crippen LogP contribution in [0.4, 0.5) is 0 Å². The van der Waals surface area contributed by atoms with Crippen LogP contribution in [0.3, 0.4) is 0 Å². The molecule has 2 unspecified atom stereocenters. The Morgan fingerprint density at radius 2 is 2.24 bits per heavy atom. The van der Waals surface area contributed by atoms with E-state index in [1.165, 1.54) is 0 Å². The molecule has 0 aliphatic heterocycles. The minimum Gasteiger partial charge on any atom is -0.383 e. The summed E-state index contributed by atoms with van der Waals surface area (Å²) in [4.78, 5) is 24.5. The van der Waals surface area contributed by atoms with Gasteiger partial charge in [-0.1, -0.05) is 13.8 Å². The molecule has 4 heteroatoms. The first kappa shape index (κ1) is 12.6. The number of ether oxygens (including phenoxy) is 1. The lowest BCUT2D eigenvalue weighted by molar-refractivity contribution is -0.145. The molecule has 2 atom stereocenters. The van der Waals surface area contributed by atoms with Gasteiger partial charge in [-0.25, -0.2) is 0 Å². The highest BCUT2D eigenvalue weighted by Crippen LogP contribution is 2.63. The standard InChI is InChI=1S/C13H21NO3/c1-12(2)9-4-5-13(12,10(15)8-9)11(16)14-6-7-17-3/h9H,4-8H2,1-3H3,(H,14,16). The number of nitrogens with one attached hydrogen (secondary N) is 1. The number of hydrogen-bond donors (Lipinski definition) is 1. The molecule has 2 fully saturated rings. The minimum atomic E-state index is -0.772. The Morgan fingerprint density at radius 1 is 1.53 bits per heavy atom. The Morgan fingerprint density at radius 3 is 2.71 bits per heavy atom. The van der Waals surface area contributed by atoms with Crippen LogP contribution in [0.25, 0.3) is 0 Å². The lowest BCUT2D eigenvalue weighted by Gasteiger charge is -2.34. The van der Waals surface area contributed by atoms with E-state index in [1.54, 1.807) is 7.11 Å². The van der Waals surface area contributed by atoms with Gasteiger partial charge in [0.25, 0.3) is 0 Å². The first-order chi connectivity index (χ1) is 7.96. The second-order valence-corrected chi connectivity index (χ2v) is 5.74. The second-order valence-electron chi connectivity index (χ2n) is 5.74. The van der Waals surface area contributed by atoms with Crippen LogP contribution < -0.4 is 5.32 Å². The Hall–Kier alpha value is -0.900. The van der Waals surface area contributed by atoms with E-state index in [0.717, 1.165) is 6.42 Å². The van der Waals surface area contributed by atoms with Gasteiger partial charge in [0, 0.05) is 20.1 Å². The fourth-order valence-corrected chi connectivity index (χ4v) is 3.63. The Labute approximate surface area is 102 Å². The molecule has 2 saturated carbocycles. The number of Topliss-reactive ketones (excluding diaryl/α,β-unsaturated/α-hetero) is 1. The van der Waals surface area contributed by atoms with Gasteiger partial charge in [-0.3, -0.25) is 9.59 Å². The maximum absolute atomic E-state index is 12.3. The molecule has 0 saturated heterocycles. The third-order valence-corrected chi connectivity index (χ3v) is 4.88. The van der Waals surface area contributed by atoms with Crippen molar-refractivity contribution >= 4 is 11.7 Å². The molecular formula is C13H21NO3. The molecule has 4 nitrogen and oxygen atoms in total. The molecule has 2 aliphatic carbocycles. The van der Waals surface area contributed by atoms with Gasteiger partial charge in [-0.05, 0) is 24.2 Å². The number of hydrogen-bond acceptors (Lipinski definition) is 3. The highest BCUT2D eigenvalue weighted by atomic mass is 16.5. The van der Waals surface area contributed by atoms with Crippen LogP contribution in [0, 0.1) is 16.7 Å². The normalized spacial score (nSPS) is 34.1. The van der Waals surface area contributed by atoms with Crippen LogP contribution in [0.5, 0.6) is 0 Å². The molecule has 0 aromatic heterocycles. The van der Waals surface area contributed by atoms with Crippen LogP contribution in [0.1, 0.15) is 33.1 Å². The number of methoxy groups -OCH3 is 1. The highest BCUT2D eigenvalue weighted by Gasteiger charge is 2.67. The zero-order chi connectivity index (χ0) is 12.7. The van der Waals surface area contributed by atoms with E-state index < -0.39 is 5.41 Å². The summed E-state index contributed by atoms with van der Waals surface area (Å²) in [5.41, 5.74) is -0.966. The summed E-state index contributed by atoms with van der Waals surface area (Å²) < 4.78 is 4.91. The first-order valence-electron chi connectivity index (χ1n) is 6.27. The lowest BCUT2D eigenvalue weighted by Crippen LogP contribution is -2.50. The second kappa shape index (κ2) is 4.09. The number of ketones is 1. The van der Waals surface area contributed by atoms with Gasteiger partial charge in [0.1, 0.15) is 11.2 Å². The molecule has 0 heterocycles. The Kier molecular flexibility index (Phi) is 3.02. The fraction of sp³-hybridized carbons (Fsp3) is 0.846. The van der Waals surface area contributed by atoms with Gasteiger partial charge in [0.2, 0.25) is 5.91 Å². The molecule has 2 aliphatic rings. The van der Waals surface area contributed by atoms with E-state index in [-0.39, 0.29) is 17.1 Å². The maximum Gasteiger partial charge on any atom is 0.234 e. The predicted molar refractivity (Wildman–Crippen MR) is 63.4 cm³/mol. The van der Waals surface area contributed by atoms with Crippen molar-refractivity contribution < 1.29 is 14.3 Å². The lowest BCUT2D eigenvalue weighted by atomic mass is 9.68. The first-order valence-corrected chi connectivity index (χ1v) is 6.27. The molecule has 2 rings (SSSR count). The van der Waals surface area contributed by atoms with E-state index in [2.05, 4.69) is 19.2 Å². The highest BCUT2D eigenvalue weighted by molar-refractivity contribution is 6.09. The molecule has 1 N–H and O–H groups in total. The van der Waals surface area contributed by atoms with Crippen LogP contribution >= 0.6 is 0 Å². The molecule has 96 valence electrons. The number of carbonyl (C=O) groups is 2. The molecule has 0 aromatic carbocycles. The van der Waals surface area contributed by atoms with Crippen molar-refractivity contribution in [3.63, 3.8) is 0 Å². The van der Waals surface area contributed by atoms with E-state index in [4.69, 9.17) is 4.74 Å². The van der Waals surface area contributed by atoms with Gasteiger partial charge >= 0.3 is 0 Å². The zero-order valence-electron chi connectivity index (χ0n) is 10.8. The topological polar surface area (TPSA) is 55.4 Å². The molecule has 1 amide bonds. The molecule has 0 spiro atoms. The summed E-state index contributed by atoms with van der Waals surface area (Å²) in [6.07, 6.45) is 2.28. The van der Waals surface area contributed by atoms with Crippen molar-refractivity contribution in [3.05, 3.63) is 0 Å². The summed E-state index contributed by atoms with van der Waals surface area (Å²) in [5.74, 6) is 0.418. The molecule has 2 bridgehead atoms. The zero-order valence-corrected chi connectivity index (χ0v) is 10.8. The van der Waals surface area contributed by atoms with Crippen molar-refractivity contribution in [2.24, 2.45) is 16.7 Å². The number of amides is 1. The van der Waals surface area contributed by atoms with Crippen LogP contribution in [-0.4, -0.2) is 32.0 Å². The number of rotatable bonds is 4. The average Bonchev–Trinajstić information content (AvgIpc) is 2.63. The fourth-order valence-electron chi connectivity index (χ4n) is 3.63. The van der Waals surface area contributed by atoms with Crippen LogP contribution in [0.15, 0.2) is 0 Å². The smallest absolute Gasteiger partial charge is 0.234 e. The summed E-state index contributed by atoms with van der Waals surface area (Å²) in [6, 6.07) is 0. The largest absolute Gasteiger partial charge is 0.383 e. The summed E-state index contributed by atoms with van der Waals surface area (Å²) in [5, 5.41) is 2.85. The minimum absolute atomic E-state index is 0.0930. The summed E-state index contributed by atoms with van der Waals surface area (Å²) in [7, 11) is 1.60. The van der Waals surface area contributed by atoms with Crippen molar-refractivity contribution in [2.45, 2.75) is 33.1 Å². The number of fused-ring (bicyclic) bond motifs is 2. The van der Waals surface area contributed by atoms with Crippen LogP contribution in [-0.2, 0) is 14.3 Å².